The standard InChI is InChI=1S/C16H33N/c1-3-8-15(2)9-5-4-6-10-16-11-7-13-17-14-12-16/h15-17H,3-14H2,1-2H3. The fraction of sp³-hybridized carbons (Fsp3) is 1.00. The molecule has 0 aromatic heterocycles. The van der Waals surface area contributed by atoms with Gasteiger partial charge in [-0.2, -0.15) is 0 Å². The van der Waals surface area contributed by atoms with E-state index in [4.69, 9.17) is 0 Å². The highest BCUT2D eigenvalue weighted by atomic mass is 14.8. The normalized spacial score (nSPS) is 23.3. The Morgan fingerprint density at radius 1 is 1.06 bits per heavy atom. The lowest BCUT2D eigenvalue weighted by Crippen LogP contribution is -2.14. The molecule has 0 saturated carbocycles. The van der Waals surface area contributed by atoms with Gasteiger partial charge in [0, 0.05) is 0 Å². The van der Waals surface area contributed by atoms with Crippen molar-refractivity contribution in [2.45, 2.75) is 78.1 Å². The minimum Gasteiger partial charge on any atom is -0.317 e. The van der Waals surface area contributed by atoms with Crippen LogP contribution >= 0.6 is 0 Å². The zero-order chi connectivity index (χ0) is 12.3. The predicted octanol–water partition coefficient (Wildman–Crippen LogP) is 4.76. The first kappa shape index (κ1) is 15.0. The summed E-state index contributed by atoms with van der Waals surface area (Å²) in [4.78, 5) is 0. The van der Waals surface area contributed by atoms with E-state index in [0.29, 0.717) is 0 Å². The van der Waals surface area contributed by atoms with E-state index in [-0.39, 0.29) is 0 Å². The highest BCUT2D eigenvalue weighted by molar-refractivity contribution is 4.67. The van der Waals surface area contributed by atoms with Crippen LogP contribution in [0.4, 0.5) is 0 Å². The molecule has 2 unspecified atom stereocenters. The second-order valence-electron chi connectivity index (χ2n) is 6.08. The lowest BCUT2D eigenvalue weighted by atomic mass is 9.92. The molecule has 1 saturated heterocycles. The maximum Gasteiger partial charge on any atom is -0.00463 e. The van der Waals surface area contributed by atoms with Crippen LogP contribution in [-0.4, -0.2) is 13.1 Å². The number of hydrogen-bond donors (Lipinski definition) is 1. The Labute approximate surface area is 109 Å². The van der Waals surface area contributed by atoms with Crippen LogP contribution in [0.3, 0.4) is 0 Å². The lowest BCUT2D eigenvalue weighted by Gasteiger charge is -2.14. The van der Waals surface area contributed by atoms with Gasteiger partial charge in [-0.15, -0.1) is 0 Å². The number of rotatable bonds is 8. The van der Waals surface area contributed by atoms with Crippen LogP contribution in [0, 0.1) is 11.8 Å². The van der Waals surface area contributed by atoms with E-state index in [1.54, 1.807) is 0 Å². The molecule has 0 aliphatic carbocycles. The van der Waals surface area contributed by atoms with E-state index in [1.807, 2.05) is 0 Å². The lowest BCUT2D eigenvalue weighted by molar-refractivity contribution is 0.400. The summed E-state index contributed by atoms with van der Waals surface area (Å²) in [5.74, 6) is 1.99. The molecule has 0 radical (unpaired) electrons. The van der Waals surface area contributed by atoms with Crippen molar-refractivity contribution in [1.82, 2.24) is 5.32 Å². The first-order valence-corrected chi connectivity index (χ1v) is 8.03. The smallest absolute Gasteiger partial charge is 0.00463 e. The van der Waals surface area contributed by atoms with Gasteiger partial charge in [0.05, 0.1) is 0 Å². The van der Waals surface area contributed by atoms with Crippen molar-refractivity contribution < 1.29 is 0 Å². The third-order valence-corrected chi connectivity index (χ3v) is 4.29. The number of nitrogens with one attached hydrogen (secondary N) is 1. The van der Waals surface area contributed by atoms with E-state index < -0.39 is 0 Å². The van der Waals surface area contributed by atoms with Crippen LogP contribution in [0.5, 0.6) is 0 Å². The second-order valence-corrected chi connectivity index (χ2v) is 6.08. The molecule has 1 N–H and O–H groups in total. The molecule has 17 heavy (non-hydrogen) atoms. The van der Waals surface area contributed by atoms with Gasteiger partial charge < -0.3 is 5.32 Å². The molecule has 0 amide bonds. The van der Waals surface area contributed by atoms with Crippen LogP contribution < -0.4 is 5.32 Å². The van der Waals surface area contributed by atoms with E-state index in [9.17, 15) is 0 Å². The molecular weight excluding hydrogens is 206 g/mol. The molecule has 2 atom stereocenters. The summed E-state index contributed by atoms with van der Waals surface area (Å²) in [6.07, 6.45) is 14.4. The minimum atomic E-state index is 0.960. The molecule has 1 nitrogen and oxygen atoms in total. The zero-order valence-corrected chi connectivity index (χ0v) is 12.1. The second kappa shape index (κ2) is 9.94. The Balaban J connectivity index is 1.92. The SMILES string of the molecule is CCCC(C)CCCCCC1CCCNCC1. The Morgan fingerprint density at radius 2 is 1.94 bits per heavy atom. The predicted molar refractivity (Wildman–Crippen MR) is 77.4 cm³/mol. The van der Waals surface area contributed by atoms with Gasteiger partial charge in [-0.05, 0) is 44.2 Å². The summed E-state index contributed by atoms with van der Waals surface area (Å²) in [6, 6.07) is 0. The van der Waals surface area contributed by atoms with Crippen molar-refractivity contribution in [2.75, 3.05) is 13.1 Å². The summed E-state index contributed by atoms with van der Waals surface area (Å²) in [7, 11) is 0. The third kappa shape index (κ3) is 7.81. The quantitative estimate of drug-likeness (QED) is 0.602. The highest BCUT2D eigenvalue weighted by Gasteiger charge is 2.11. The van der Waals surface area contributed by atoms with Crippen LogP contribution in [0.15, 0.2) is 0 Å². The van der Waals surface area contributed by atoms with Crippen molar-refractivity contribution in [1.29, 1.82) is 0 Å². The Bertz CT molecular complexity index is 159. The van der Waals surface area contributed by atoms with Gasteiger partial charge in [0.15, 0.2) is 0 Å². The molecule has 102 valence electrons. The summed E-state index contributed by atoms with van der Waals surface area (Å²) in [6.45, 7) is 7.24. The van der Waals surface area contributed by atoms with Crippen LogP contribution in [-0.2, 0) is 0 Å². The minimum absolute atomic E-state index is 0.960. The van der Waals surface area contributed by atoms with Crippen molar-refractivity contribution in [3.8, 4) is 0 Å². The fourth-order valence-corrected chi connectivity index (χ4v) is 3.12. The summed E-state index contributed by atoms with van der Waals surface area (Å²) >= 11 is 0. The van der Waals surface area contributed by atoms with E-state index in [0.717, 1.165) is 11.8 Å². The van der Waals surface area contributed by atoms with Crippen molar-refractivity contribution in [2.24, 2.45) is 11.8 Å². The van der Waals surface area contributed by atoms with E-state index in [2.05, 4.69) is 19.2 Å². The van der Waals surface area contributed by atoms with Crippen molar-refractivity contribution in [3.63, 3.8) is 0 Å². The first-order chi connectivity index (χ1) is 8.33. The number of unbranched alkanes of at least 4 members (excludes halogenated alkanes) is 2. The highest BCUT2D eigenvalue weighted by Crippen LogP contribution is 2.22. The average molecular weight is 239 g/mol. The Morgan fingerprint density at radius 3 is 2.76 bits per heavy atom. The topological polar surface area (TPSA) is 12.0 Å². The zero-order valence-electron chi connectivity index (χ0n) is 12.1. The van der Waals surface area contributed by atoms with Gasteiger partial charge in [-0.1, -0.05) is 58.8 Å². The molecule has 0 spiro atoms. The monoisotopic (exact) mass is 239 g/mol. The molecule has 1 heterocycles. The molecule has 1 heteroatoms. The van der Waals surface area contributed by atoms with E-state index >= 15 is 0 Å². The molecule has 1 fully saturated rings. The molecule has 1 rings (SSSR count). The molecule has 0 aromatic rings. The van der Waals surface area contributed by atoms with Gasteiger partial charge in [0.1, 0.15) is 0 Å². The summed E-state index contributed by atoms with van der Waals surface area (Å²) in [5, 5.41) is 3.51. The molecular formula is C16H33N. The van der Waals surface area contributed by atoms with E-state index in [1.165, 1.54) is 77.3 Å². The van der Waals surface area contributed by atoms with Crippen molar-refractivity contribution in [3.05, 3.63) is 0 Å². The van der Waals surface area contributed by atoms with Crippen LogP contribution in [0.1, 0.15) is 78.1 Å². The van der Waals surface area contributed by atoms with Gasteiger partial charge in [0.25, 0.3) is 0 Å². The van der Waals surface area contributed by atoms with Gasteiger partial charge in [-0.3, -0.25) is 0 Å². The van der Waals surface area contributed by atoms with Crippen LogP contribution in [0.2, 0.25) is 0 Å². The number of hydrogen-bond acceptors (Lipinski definition) is 1. The fourth-order valence-electron chi connectivity index (χ4n) is 3.12. The summed E-state index contributed by atoms with van der Waals surface area (Å²) in [5.41, 5.74) is 0. The largest absolute Gasteiger partial charge is 0.317 e. The average Bonchev–Trinajstić information content (AvgIpc) is 2.57. The summed E-state index contributed by atoms with van der Waals surface area (Å²) < 4.78 is 0. The van der Waals surface area contributed by atoms with Crippen molar-refractivity contribution >= 4 is 0 Å². The Kier molecular flexibility index (Phi) is 8.78. The molecule has 1 aliphatic rings. The van der Waals surface area contributed by atoms with Gasteiger partial charge >= 0.3 is 0 Å². The molecule has 0 bridgehead atoms. The Hall–Kier alpha value is -0.0400. The van der Waals surface area contributed by atoms with Gasteiger partial charge in [-0.25, -0.2) is 0 Å². The van der Waals surface area contributed by atoms with Crippen LogP contribution in [0.25, 0.3) is 0 Å². The molecule has 1 aliphatic heterocycles. The van der Waals surface area contributed by atoms with Gasteiger partial charge in [0.2, 0.25) is 0 Å². The third-order valence-electron chi connectivity index (χ3n) is 4.29. The first-order valence-electron chi connectivity index (χ1n) is 8.03. The maximum atomic E-state index is 3.51. The molecule has 0 aromatic carbocycles. The maximum absolute atomic E-state index is 3.51.